The molecule has 2 heterocycles. The van der Waals surface area contributed by atoms with Crippen LogP contribution in [-0.4, -0.2) is 28.8 Å². The van der Waals surface area contributed by atoms with Gasteiger partial charge in [0.2, 0.25) is 0 Å². The fourth-order valence-corrected chi connectivity index (χ4v) is 2.46. The van der Waals surface area contributed by atoms with Crippen LogP contribution in [0.4, 0.5) is 0 Å². The Morgan fingerprint density at radius 1 is 1.19 bits per heavy atom. The molecule has 1 aliphatic heterocycles. The van der Waals surface area contributed by atoms with E-state index in [9.17, 15) is 0 Å². The third kappa shape index (κ3) is 3.08. The minimum absolute atomic E-state index is 0.135. The van der Waals surface area contributed by atoms with Crippen molar-refractivity contribution in [2.75, 3.05) is 7.05 Å². The predicted molar refractivity (Wildman–Crippen MR) is 85.0 cm³/mol. The van der Waals surface area contributed by atoms with Crippen molar-refractivity contribution < 1.29 is 0 Å². The molecule has 1 aromatic heterocycles. The Labute approximate surface area is 124 Å². The highest BCUT2D eigenvalue weighted by Crippen LogP contribution is 2.18. The molecule has 2 N–H and O–H groups in total. The van der Waals surface area contributed by atoms with E-state index < -0.39 is 0 Å². The number of rotatable bonds is 4. The van der Waals surface area contributed by atoms with Gasteiger partial charge in [0.1, 0.15) is 0 Å². The molecular formula is C16H19N5. The molecule has 3 rings (SSSR count). The fraction of sp³-hybridized carbons (Fsp3) is 0.312. The normalized spacial score (nSPS) is 21.3. The highest BCUT2D eigenvalue weighted by atomic mass is 15.0. The number of nitrogens with one attached hydrogen (secondary N) is 2. The molecule has 1 atom stereocenters. The Hall–Kier alpha value is -2.27. The number of benzene rings is 1. The highest BCUT2D eigenvalue weighted by Gasteiger charge is 2.24. The maximum absolute atomic E-state index is 4.34. The zero-order valence-corrected chi connectivity index (χ0v) is 12.3. The molecule has 0 saturated heterocycles. The van der Waals surface area contributed by atoms with Gasteiger partial charge in [-0.25, -0.2) is 0 Å². The Balaban J connectivity index is 1.71. The Bertz CT molecular complexity index is 707. The summed E-state index contributed by atoms with van der Waals surface area (Å²) in [5.41, 5.74) is 4.04. The minimum atomic E-state index is -0.135. The van der Waals surface area contributed by atoms with Crippen molar-refractivity contribution in [2.45, 2.75) is 25.4 Å². The van der Waals surface area contributed by atoms with Crippen LogP contribution in [0.5, 0.6) is 0 Å². The average Bonchev–Trinajstić information content (AvgIpc) is 2.53. The van der Waals surface area contributed by atoms with Crippen LogP contribution in [0.15, 0.2) is 47.5 Å². The van der Waals surface area contributed by atoms with Crippen LogP contribution in [0.1, 0.15) is 18.9 Å². The van der Waals surface area contributed by atoms with Crippen molar-refractivity contribution in [3.8, 4) is 0 Å². The van der Waals surface area contributed by atoms with E-state index in [1.807, 2.05) is 25.5 Å². The van der Waals surface area contributed by atoms with Crippen molar-refractivity contribution in [1.82, 2.24) is 20.6 Å². The average molecular weight is 281 g/mol. The summed E-state index contributed by atoms with van der Waals surface area (Å²) in [7, 11) is 1.93. The van der Waals surface area contributed by atoms with Gasteiger partial charge in [-0.15, -0.1) is 0 Å². The molecule has 0 aliphatic carbocycles. The van der Waals surface area contributed by atoms with E-state index in [-0.39, 0.29) is 5.54 Å². The van der Waals surface area contributed by atoms with E-state index in [1.165, 1.54) is 5.56 Å². The topological polar surface area (TPSA) is 62.2 Å². The number of hydrogen-bond acceptors (Lipinski definition) is 5. The molecule has 0 amide bonds. The van der Waals surface area contributed by atoms with Crippen molar-refractivity contribution >= 4 is 17.2 Å². The summed E-state index contributed by atoms with van der Waals surface area (Å²) in [6.45, 7) is 2.92. The van der Waals surface area contributed by atoms with Gasteiger partial charge < -0.3 is 10.6 Å². The lowest BCUT2D eigenvalue weighted by molar-refractivity contribution is 0.455. The summed E-state index contributed by atoms with van der Waals surface area (Å²) in [6.07, 6.45) is 8.17. The first kappa shape index (κ1) is 13.7. The van der Waals surface area contributed by atoms with Gasteiger partial charge in [0.05, 0.1) is 16.6 Å². The maximum Gasteiger partial charge on any atom is 0.0890 e. The predicted octanol–water partition coefficient (Wildman–Crippen LogP) is 2.01. The molecule has 1 unspecified atom stereocenters. The van der Waals surface area contributed by atoms with Gasteiger partial charge >= 0.3 is 0 Å². The van der Waals surface area contributed by atoms with Crippen LogP contribution >= 0.6 is 0 Å². The SMILES string of the molecule is CNC1=CN=CC(C)(NCc2ccc3nccnc3c2)C1. The molecule has 0 spiro atoms. The molecule has 0 saturated carbocycles. The summed E-state index contributed by atoms with van der Waals surface area (Å²) in [4.78, 5) is 12.9. The molecule has 1 aromatic carbocycles. The summed E-state index contributed by atoms with van der Waals surface area (Å²) in [6, 6.07) is 6.17. The number of hydrogen-bond donors (Lipinski definition) is 2. The van der Waals surface area contributed by atoms with Gasteiger partial charge in [-0.2, -0.15) is 0 Å². The van der Waals surface area contributed by atoms with Gasteiger partial charge in [-0.05, 0) is 24.6 Å². The molecular weight excluding hydrogens is 262 g/mol. The van der Waals surface area contributed by atoms with Crippen molar-refractivity contribution in [1.29, 1.82) is 0 Å². The molecule has 0 radical (unpaired) electrons. The van der Waals surface area contributed by atoms with Gasteiger partial charge in [0, 0.05) is 50.5 Å². The number of fused-ring (bicyclic) bond motifs is 1. The Morgan fingerprint density at radius 2 is 2.00 bits per heavy atom. The molecule has 5 nitrogen and oxygen atoms in total. The van der Waals surface area contributed by atoms with Crippen LogP contribution in [-0.2, 0) is 6.54 Å². The Kier molecular flexibility index (Phi) is 3.66. The smallest absolute Gasteiger partial charge is 0.0890 e. The number of nitrogens with zero attached hydrogens (tertiary/aromatic N) is 3. The van der Waals surface area contributed by atoms with Gasteiger partial charge in [0.25, 0.3) is 0 Å². The van der Waals surface area contributed by atoms with Crippen LogP contribution in [0.3, 0.4) is 0 Å². The van der Waals surface area contributed by atoms with E-state index >= 15 is 0 Å². The highest BCUT2D eigenvalue weighted by molar-refractivity contribution is 5.74. The first-order chi connectivity index (χ1) is 10.2. The largest absolute Gasteiger partial charge is 0.390 e. The number of aromatic nitrogens is 2. The quantitative estimate of drug-likeness (QED) is 0.900. The van der Waals surface area contributed by atoms with Crippen molar-refractivity contribution in [2.24, 2.45) is 4.99 Å². The summed E-state index contributed by atoms with van der Waals surface area (Å²) >= 11 is 0. The zero-order chi connectivity index (χ0) is 14.7. The van der Waals surface area contributed by atoms with Crippen molar-refractivity contribution in [3.05, 3.63) is 48.1 Å². The second-order valence-electron chi connectivity index (χ2n) is 5.51. The van der Waals surface area contributed by atoms with Gasteiger partial charge in [-0.3, -0.25) is 15.0 Å². The first-order valence-corrected chi connectivity index (χ1v) is 7.04. The molecule has 0 fully saturated rings. The zero-order valence-electron chi connectivity index (χ0n) is 12.3. The minimum Gasteiger partial charge on any atom is -0.390 e. The fourth-order valence-electron chi connectivity index (χ4n) is 2.46. The lowest BCUT2D eigenvalue weighted by atomic mass is 9.95. The molecule has 108 valence electrons. The van der Waals surface area contributed by atoms with E-state index in [4.69, 9.17) is 0 Å². The van der Waals surface area contributed by atoms with Crippen LogP contribution in [0.25, 0.3) is 11.0 Å². The van der Waals surface area contributed by atoms with E-state index in [1.54, 1.807) is 12.4 Å². The van der Waals surface area contributed by atoms with Gasteiger partial charge in [0.15, 0.2) is 0 Å². The second-order valence-corrected chi connectivity index (χ2v) is 5.51. The summed E-state index contributed by atoms with van der Waals surface area (Å²) in [5.74, 6) is 0. The van der Waals surface area contributed by atoms with Crippen LogP contribution in [0.2, 0.25) is 0 Å². The Morgan fingerprint density at radius 3 is 2.81 bits per heavy atom. The van der Waals surface area contributed by atoms with E-state index in [2.05, 4.69) is 44.7 Å². The molecule has 5 heteroatoms. The second kappa shape index (κ2) is 5.61. The lowest BCUT2D eigenvalue weighted by Crippen LogP contribution is -2.45. The third-order valence-corrected chi connectivity index (χ3v) is 3.70. The van der Waals surface area contributed by atoms with Crippen LogP contribution < -0.4 is 10.6 Å². The van der Waals surface area contributed by atoms with Gasteiger partial charge in [-0.1, -0.05) is 6.07 Å². The molecule has 1 aliphatic rings. The summed E-state index contributed by atoms with van der Waals surface area (Å²) < 4.78 is 0. The standard InChI is InChI=1S/C16H19N5/c1-16(8-13(17-2)10-18-11-16)21-9-12-3-4-14-15(7-12)20-6-5-19-14/h3-7,10-11,17,21H,8-9H2,1-2H3. The molecule has 21 heavy (non-hydrogen) atoms. The molecule has 0 bridgehead atoms. The first-order valence-electron chi connectivity index (χ1n) is 7.04. The monoisotopic (exact) mass is 281 g/mol. The van der Waals surface area contributed by atoms with E-state index in [0.29, 0.717) is 0 Å². The van der Waals surface area contributed by atoms with Crippen LogP contribution in [0, 0.1) is 0 Å². The van der Waals surface area contributed by atoms with E-state index in [0.717, 1.165) is 29.7 Å². The maximum atomic E-state index is 4.34. The summed E-state index contributed by atoms with van der Waals surface area (Å²) in [5, 5.41) is 6.74. The lowest BCUT2D eigenvalue weighted by Gasteiger charge is -2.30. The van der Waals surface area contributed by atoms with Crippen molar-refractivity contribution in [3.63, 3.8) is 0 Å². The third-order valence-electron chi connectivity index (χ3n) is 3.70. The molecule has 2 aromatic rings. The number of aliphatic imine (C=N–C) groups is 1.